The van der Waals surface area contributed by atoms with Crippen molar-refractivity contribution in [1.29, 1.82) is 0 Å². The highest BCUT2D eigenvalue weighted by Gasteiger charge is 3.03. The maximum atomic E-state index is 13.9. The van der Waals surface area contributed by atoms with Crippen LogP contribution in [0.2, 0.25) is 0 Å². The SMILES string of the molecule is FN(F)C(F)(F)C(F)(F)C(F)(F)C(F)(F)C(F)(F)C(F)(F)C(F)(F)C(F)(F)C(F)(F)C(F)(F)C(F)(F)C(F)(F)C(F)(F)C(F)(F)C(F)(F)C(F)(F)C(F)(F)C(F)(F)C(F)(F)C(F)(F)F. The van der Waals surface area contributed by atoms with Crippen LogP contribution in [-0.2, 0) is 0 Å². The summed E-state index contributed by atoms with van der Waals surface area (Å²) < 4.78 is 577. The Bertz CT molecular complexity index is 1680. The maximum absolute atomic E-state index is 13.9. The Hall–Kier alpha value is -3.05. The van der Waals surface area contributed by atoms with E-state index < -0.39 is 124 Å². The van der Waals surface area contributed by atoms with Gasteiger partial charge >= 0.3 is 119 Å². The van der Waals surface area contributed by atoms with E-state index in [0.717, 1.165) is 0 Å². The van der Waals surface area contributed by atoms with Crippen LogP contribution in [0, 0.1) is 0 Å². The Morgan fingerprint density at radius 2 is 0.234 bits per heavy atom. The first kappa shape index (κ1) is 60.9. The number of nitrogens with zero attached hydrogens (tertiary/aromatic N) is 1. The second kappa shape index (κ2) is 14.5. The molecule has 0 radical (unpaired) electrons. The van der Waals surface area contributed by atoms with Crippen LogP contribution < -0.4 is 0 Å². The van der Waals surface area contributed by atoms with Gasteiger partial charge < -0.3 is 0 Å². The molecule has 0 saturated heterocycles. The smallest absolute Gasteiger partial charge is 0.192 e. The summed E-state index contributed by atoms with van der Waals surface area (Å²) in [6.07, 6.45) is -8.55. The summed E-state index contributed by atoms with van der Waals surface area (Å²) in [6, 6.07) is -8.53. The fourth-order valence-corrected chi connectivity index (χ4v) is 3.63. The molecule has 0 spiro atoms. The molecule has 0 saturated carbocycles. The molecule has 0 atom stereocenters. The largest absolute Gasteiger partial charge is 0.460 e. The molecule has 1 nitrogen and oxygen atoms in total. The highest BCUT2D eigenvalue weighted by molar-refractivity contribution is 5.23. The lowest BCUT2D eigenvalue weighted by atomic mass is 9.82. The first-order valence-electron chi connectivity index (χ1n) is 13.1. The second-order valence-electron chi connectivity index (χ2n) is 11.6. The normalized spacial score (nSPS) is 17.4. The molecule has 0 heterocycles. The third-order valence-corrected chi connectivity index (χ3v) is 7.65. The van der Waals surface area contributed by atoms with Gasteiger partial charge in [0, 0.05) is 0 Å². The van der Waals surface area contributed by atoms with Crippen molar-refractivity contribution >= 4 is 0 Å². The van der Waals surface area contributed by atoms with Crippen molar-refractivity contribution in [3.63, 3.8) is 0 Å². The van der Waals surface area contributed by atoms with E-state index in [2.05, 4.69) is 0 Å². The summed E-state index contributed by atoms with van der Waals surface area (Å²) in [5, 5.41) is -4.77. The summed E-state index contributed by atoms with van der Waals surface area (Å²) >= 11 is 0. The number of rotatable bonds is 19. The molecule has 0 aliphatic carbocycles. The molecule has 0 aliphatic rings. The number of hydrogen-bond donors (Lipinski definition) is 0. The lowest BCUT2D eigenvalue weighted by Crippen LogP contribution is -2.80. The van der Waals surface area contributed by atoms with Gasteiger partial charge in [0.15, 0.2) is 0 Å². The van der Waals surface area contributed by atoms with Gasteiger partial charge in [0.25, 0.3) is 0 Å². The van der Waals surface area contributed by atoms with Gasteiger partial charge in [-0.25, -0.2) is 0 Å². The van der Waals surface area contributed by atoms with Gasteiger partial charge in [0.1, 0.15) is 0 Å². The number of halogens is 43. The van der Waals surface area contributed by atoms with Gasteiger partial charge in [-0.15, -0.1) is 0 Å². The van der Waals surface area contributed by atoms with E-state index in [-0.39, 0.29) is 0 Å². The van der Waals surface area contributed by atoms with Gasteiger partial charge in [-0.2, -0.15) is 180 Å². The summed E-state index contributed by atoms with van der Waals surface area (Å²) in [6.45, 7) is 0. The molecule has 386 valence electrons. The number of alkyl halides is 41. The zero-order chi connectivity index (χ0) is 53.6. The maximum Gasteiger partial charge on any atom is 0.460 e. The van der Waals surface area contributed by atoms with Crippen molar-refractivity contribution in [2.75, 3.05) is 0 Å². The van der Waals surface area contributed by atoms with Crippen molar-refractivity contribution in [3.8, 4) is 0 Å². The fraction of sp³-hybridized carbons (Fsp3) is 1.00. The minimum Gasteiger partial charge on any atom is -0.192 e. The van der Waals surface area contributed by atoms with E-state index in [9.17, 15) is 189 Å². The Morgan fingerprint density at radius 1 is 0.141 bits per heavy atom. The van der Waals surface area contributed by atoms with E-state index in [1.165, 1.54) is 0 Å². The molecule has 44 heteroatoms. The molecule has 0 N–H and O–H groups in total. The summed E-state index contributed by atoms with van der Waals surface area (Å²) in [7, 11) is 0. The predicted octanol–water partition coefficient (Wildman–Crippen LogP) is 13.6. The lowest BCUT2D eigenvalue weighted by Gasteiger charge is -2.47. The van der Waals surface area contributed by atoms with E-state index in [0.29, 0.717) is 0 Å². The molecular formula is C20F43N. The van der Waals surface area contributed by atoms with Gasteiger partial charge in [-0.05, 0) is 0 Å². The summed E-state index contributed by atoms with van der Waals surface area (Å²) in [5.41, 5.74) is 0. The Balaban J connectivity index is 8.01. The zero-order valence-electron chi connectivity index (χ0n) is 26.7. The Kier molecular flexibility index (Phi) is 13.8. The summed E-state index contributed by atoms with van der Waals surface area (Å²) in [5.74, 6) is -184. The second-order valence-corrected chi connectivity index (χ2v) is 11.6. The topological polar surface area (TPSA) is 3.24 Å². The number of hydrogen-bond acceptors (Lipinski definition) is 1. The van der Waals surface area contributed by atoms with Crippen LogP contribution in [0.3, 0.4) is 0 Å². The molecular weight excluding hydrogens is 1070 g/mol. The molecule has 0 fully saturated rings. The van der Waals surface area contributed by atoms with Crippen LogP contribution in [0.25, 0.3) is 0 Å². The third-order valence-electron chi connectivity index (χ3n) is 7.65. The van der Waals surface area contributed by atoms with Gasteiger partial charge in [-0.1, -0.05) is 8.96 Å². The van der Waals surface area contributed by atoms with E-state index in [1.54, 1.807) is 0 Å². The molecule has 0 aromatic heterocycles. The average molecular weight is 1070 g/mol. The van der Waals surface area contributed by atoms with Crippen molar-refractivity contribution in [2.24, 2.45) is 0 Å². The van der Waals surface area contributed by atoms with Crippen LogP contribution in [0.5, 0.6) is 0 Å². The van der Waals surface area contributed by atoms with Gasteiger partial charge in [0.05, 0.1) is 5.34 Å². The molecule has 0 rings (SSSR count). The van der Waals surface area contributed by atoms with Crippen molar-refractivity contribution < 1.29 is 189 Å². The lowest BCUT2D eigenvalue weighted by molar-refractivity contribution is -0.500. The average Bonchev–Trinajstić information content (AvgIpc) is 3.05. The minimum absolute atomic E-state index is 4.77. The summed E-state index contributed by atoms with van der Waals surface area (Å²) in [4.78, 5) is 0. The molecule has 64 heavy (non-hydrogen) atoms. The zero-order valence-corrected chi connectivity index (χ0v) is 26.7. The van der Waals surface area contributed by atoms with Crippen molar-refractivity contribution in [3.05, 3.63) is 0 Å². The quantitative estimate of drug-likeness (QED) is 0.0708. The first-order valence-corrected chi connectivity index (χ1v) is 13.1. The van der Waals surface area contributed by atoms with Gasteiger partial charge in [-0.3, -0.25) is 0 Å². The predicted molar refractivity (Wildman–Crippen MR) is 104 cm³/mol. The van der Waals surface area contributed by atoms with E-state index in [1.807, 2.05) is 0 Å². The standard InChI is InChI=1S/C20F43N/c21-1(22,3(25,26)5(29,30)7(33,34)9(37,38)11(41,42)13(45,46)15(49,50)17(53,54)19(57,58)59)2(23,24)4(27,28)6(31,32)8(35,36)10(39,40)12(43,44)14(47,48)16(51,52)18(55,56)20(60,61)64(62)63. The highest BCUT2D eigenvalue weighted by atomic mass is 19.4. The Labute approximate surface area is 314 Å². The van der Waals surface area contributed by atoms with Crippen LogP contribution in [0.15, 0.2) is 0 Å². The Morgan fingerprint density at radius 3 is 0.328 bits per heavy atom. The molecule has 0 amide bonds. The monoisotopic (exact) mass is 1070 g/mol. The van der Waals surface area contributed by atoms with Crippen LogP contribution in [0.1, 0.15) is 0 Å². The molecule has 0 aliphatic heterocycles. The highest BCUT2D eigenvalue weighted by Crippen LogP contribution is 2.71. The minimum atomic E-state index is -10.7. The molecule has 0 unspecified atom stereocenters. The fourth-order valence-electron chi connectivity index (χ4n) is 3.63. The van der Waals surface area contributed by atoms with Crippen molar-refractivity contribution in [2.45, 2.75) is 119 Å². The molecule has 0 aromatic rings. The molecule has 0 aromatic carbocycles. The van der Waals surface area contributed by atoms with Crippen LogP contribution >= 0.6 is 0 Å². The van der Waals surface area contributed by atoms with Crippen molar-refractivity contribution in [1.82, 2.24) is 5.34 Å². The van der Waals surface area contributed by atoms with E-state index >= 15 is 0 Å². The van der Waals surface area contributed by atoms with Crippen LogP contribution in [-0.4, -0.2) is 124 Å². The van der Waals surface area contributed by atoms with Gasteiger partial charge in [0.2, 0.25) is 0 Å². The van der Waals surface area contributed by atoms with Crippen LogP contribution in [0.4, 0.5) is 189 Å². The molecule has 0 bridgehead atoms. The first-order chi connectivity index (χ1) is 26.7. The third kappa shape index (κ3) is 6.54. The van der Waals surface area contributed by atoms with E-state index in [4.69, 9.17) is 0 Å².